The van der Waals surface area contributed by atoms with E-state index in [9.17, 15) is 0 Å². The lowest BCUT2D eigenvalue weighted by atomic mass is 10.1. The second-order valence-corrected chi connectivity index (χ2v) is 5.03. The molecule has 0 saturated heterocycles. The molecule has 3 N–H and O–H groups in total. The van der Waals surface area contributed by atoms with E-state index < -0.39 is 0 Å². The lowest BCUT2D eigenvalue weighted by molar-refractivity contribution is 0.414. The zero-order valence-electron chi connectivity index (χ0n) is 12.4. The van der Waals surface area contributed by atoms with Crippen molar-refractivity contribution >= 4 is 0 Å². The van der Waals surface area contributed by atoms with Gasteiger partial charge in [0.15, 0.2) is 5.82 Å². The van der Waals surface area contributed by atoms with Crippen LogP contribution in [0.1, 0.15) is 17.0 Å². The Hall–Kier alpha value is -2.66. The molecule has 22 heavy (non-hydrogen) atoms. The minimum atomic E-state index is 0.539. The van der Waals surface area contributed by atoms with Gasteiger partial charge in [0.1, 0.15) is 11.6 Å². The first-order valence-corrected chi connectivity index (χ1v) is 7.12. The molecular weight excluding hydrogens is 276 g/mol. The van der Waals surface area contributed by atoms with Crippen molar-refractivity contribution < 1.29 is 4.74 Å². The fraction of sp³-hybridized carbons (Fsp3) is 0.176. The molecule has 1 aromatic heterocycles. The normalized spacial score (nSPS) is 10.6. The first-order chi connectivity index (χ1) is 10.8. The van der Waals surface area contributed by atoms with Gasteiger partial charge in [-0.3, -0.25) is 5.10 Å². The number of rotatable bonds is 5. The molecule has 0 amide bonds. The lowest BCUT2D eigenvalue weighted by Gasteiger charge is -2.01. The maximum absolute atomic E-state index is 5.60. The summed E-state index contributed by atoms with van der Waals surface area (Å²) in [6, 6.07) is 15.9. The number of ether oxygens (including phenoxy) is 1. The maximum atomic E-state index is 5.60. The molecule has 0 bridgehead atoms. The van der Waals surface area contributed by atoms with E-state index in [0.717, 1.165) is 28.3 Å². The van der Waals surface area contributed by atoms with Crippen LogP contribution in [0.5, 0.6) is 5.75 Å². The van der Waals surface area contributed by atoms with Crippen molar-refractivity contribution in [2.24, 2.45) is 5.73 Å². The predicted octanol–water partition coefficient (Wildman–Crippen LogP) is 2.53. The highest BCUT2D eigenvalue weighted by atomic mass is 16.5. The van der Waals surface area contributed by atoms with Gasteiger partial charge in [0.05, 0.1) is 7.11 Å². The van der Waals surface area contributed by atoms with Gasteiger partial charge in [0.25, 0.3) is 0 Å². The summed E-state index contributed by atoms with van der Waals surface area (Å²) in [6.45, 7) is 0.539. The zero-order chi connectivity index (χ0) is 15.4. The Morgan fingerprint density at radius 3 is 2.32 bits per heavy atom. The average molecular weight is 294 g/mol. The van der Waals surface area contributed by atoms with Crippen LogP contribution >= 0.6 is 0 Å². The van der Waals surface area contributed by atoms with Crippen LogP contribution in [0.4, 0.5) is 0 Å². The largest absolute Gasteiger partial charge is 0.497 e. The van der Waals surface area contributed by atoms with Crippen LogP contribution in [0, 0.1) is 0 Å². The summed E-state index contributed by atoms with van der Waals surface area (Å²) in [5.41, 5.74) is 8.83. The SMILES string of the molecule is COc1ccc(Cc2nc(-c3ccc(CN)cc3)n[nH]2)cc1. The van der Waals surface area contributed by atoms with Gasteiger partial charge in [0.2, 0.25) is 0 Å². The number of aromatic amines is 1. The number of nitrogens with one attached hydrogen (secondary N) is 1. The predicted molar refractivity (Wildman–Crippen MR) is 85.5 cm³/mol. The number of methoxy groups -OCH3 is 1. The van der Waals surface area contributed by atoms with Gasteiger partial charge in [-0.1, -0.05) is 36.4 Å². The third-order valence-corrected chi connectivity index (χ3v) is 3.51. The van der Waals surface area contributed by atoms with Crippen LogP contribution in [-0.2, 0) is 13.0 Å². The van der Waals surface area contributed by atoms with Crippen LogP contribution in [0.15, 0.2) is 48.5 Å². The third-order valence-electron chi connectivity index (χ3n) is 3.51. The van der Waals surface area contributed by atoms with Crippen molar-refractivity contribution in [3.8, 4) is 17.1 Å². The van der Waals surface area contributed by atoms with Crippen molar-refractivity contribution in [2.75, 3.05) is 7.11 Å². The minimum Gasteiger partial charge on any atom is -0.497 e. The average Bonchev–Trinajstić information content (AvgIpc) is 3.04. The molecule has 3 rings (SSSR count). The van der Waals surface area contributed by atoms with Gasteiger partial charge < -0.3 is 10.5 Å². The van der Waals surface area contributed by atoms with Crippen LogP contribution in [0.3, 0.4) is 0 Å². The Morgan fingerprint density at radius 1 is 1.00 bits per heavy atom. The van der Waals surface area contributed by atoms with E-state index >= 15 is 0 Å². The van der Waals surface area contributed by atoms with E-state index in [0.29, 0.717) is 18.8 Å². The fourth-order valence-electron chi connectivity index (χ4n) is 2.23. The summed E-state index contributed by atoms with van der Waals surface area (Å²) < 4.78 is 5.16. The first-order valence-electron chi connectivity index (χ1n) is 7.12. The number of H-pyrrole nitrogens is 1. The highest BCUT2D eigenvalue weighted by Gasteiger charge is 2.07. The molecule has 0 atom stereocenters. The summed E-state index contributed by atoms with van der Waals surface area (Å²) in [4.78, 5) is 4.54. The molecule has 0 radical (unpaired) electrons. The molecule has 0 aliphatic rings. The molecule has 0 aliphatic heterocycles. The molecule has 0 fully saturated rings. The van der Waals surface area contributed by atoms with Crippen molar-refractivity contribution in [1.82, 2.24) is 15.2 Å². The van der Waals surface area contributed by atoms with Gasteiger partial charge in [0, 0.05) is 18.5 Å². The zero-order valence-corrected chi connectivity index (χ0v) is 12.4. The topological polar surface area (TPSA) is 76.8 Å². The molecule has 112 valence electrons. The number of aromatic nitrogens is 3. The highest BCUT2D eigenvalue weighted by molar-refractivity contribution is 5.55. The van der Waals surface area contributed by atoms with Crippen LogP contribution < -0.4 is 10.5 Å². The number of nitrogens with zero attached hydrogens (tertiary/aromatic N) is 2. The smallest absolute Gasteiger partial charge is 0.181 e. The van der Waals surface area contributed by atoms with E-state index in [4.69, 9.17) is 10.5 Å². The Labute approximate surface area is 129 Å². The molecule has 0 aliphatic carbocycles. The van der Waals surface area contributed by atoms with Gasteiger partial charge in [-0.05, 0) is 23.3 Å². The molecular formula is C17H18N4O. The second kappa shape index (κ2) is 6.41. The van der Waals surface area contributed by atoms with E-state index in [-0.39, 0.29) is 0 Å². The summed E-state index contributed by atoms with van der Waals surface area (Å²) in [6.07, 6.45) is 0.706. The summed E-state index contributed by atoms with van der Waals surface area (Å²) in [5.74, 6) is 2.39. The summed E-state index contributed by atoms with van der Waals surface area (Å²) in [5, 5.41) is 7.27. The Morgan fingerprint density at radius 2 is 1.68 bits per heavy atom. The Kier molecular flexibility index (Phi) is 4.16. The van der Waals surface area contributed by atoms with Crippen LogP contribution in [0.25, 0.3) is 11.4 Å². The molecule has 0 unspecified atom stereocenters. The van der Waals surface area contributed by atoms with Crippen LogP contribution in [-0.4, -0.2) is 22.3 Å². The number of benzene rings is 2. The molecule has 5 nitrogen and oxygen atoms in total. The summed E-state index contributed by atoms with van der Waals surface area (Å²) >= 11 is 0. The highest BCUT2D eigenvalue weighted by Crippen LogP contribution is 2.17. The number of hydrogen-bond acceptors (Lipinski definition) is 4. The number of nitrogens with two attached hydrogens (primary N) is 1. The van der Waals surface area contributed by atoms with Crippen molar-refractivity contribution in [2.45, 2.75) is 13.0 Å². The van der Waals surface area contributed by atoms with E-state index in [1.54, 1.807) is 7.11 Å². The van der Waals surface area contributed by atoms with Crippen LogP contribution in [0.2, 0.25) is 0 Å². The summed E-state index contributed by atoms with van der Waals surface area (Å²) in [7, 11) is 1.66. The molecule has 3 aromatic rings. The Balaban J connectivity index is 1.74. The molecule has 5 heteroatoms. The van der Waals surface area contributed by atoms with E-state index in [1.807, 2.05) is 48.5 Å². The van der Waals surface area contributed by atoms with Gasteiger partial charge in [-0.15, -0.1) is 0 Å². The van der Waals surface area contributed by atoms with Crippen molar-refractivity contribution in [1.29, 1.82) is 0 Å². The number of hydrogen-bond donors (Lipinski definition) is 2. The molecule has 2 aromatic carbocycles. The van der Waals surface area contributed by atoms with Gasteiger partial charge in [-0.25, -0.2) is 4.98 Å². The maximum Gasteiger partial charge on any atom is 0.181 e. The van der Waals surface area contributed by atoms with E-state index in [1.165, 1.54) is 0 Å². The van der Waals surface area contributed by atoms with E-state index in [2.05, 4.69) is 15.2 Å². The van der Waals surface area contributed by atoms with Crippen molar-refractivity contribution in [3.05, 3.63) is 65.5 Å². The molecule has 1 heterocycles. The quantitative estimate of drug-likeness (QED) is 0.758. The monoisotopic (exact) mass is 294 g/mol. The molecule has 0 saturated carbocycles. The fourth-order valence-corrected chi connectivity index (χ4v) is 2.23. The van der Waals surface area contributed by atoms with Gasteiger partial charge >= 0.3 is 0 Å². The third kappa shape index (κ3) is 3.15. The lowest BCUT2D eigenvalue weighted by Crippen LogP contribution is -1.95. The minimum absolute atomic E-state index is 0.539. The Bertz CT molecular complexity index is 732. The van der Waals surface area contributed by atoms with Crippen molar-refractivity contribution in [3.63, 3.8) is 0 Å². The second-order valence-electron chi connectivity index (χ2n) is 5.03. The molecule has 0 spiro atoms. The first kappa shape index (κ1) is 14.3. The standard InChI is InChI=1S/C17H18N4O/c1-22-15-8-4-12(5-9-15)10-16-19-17(21-20-16)14-6-2-13(11-18)3-7-14/h2-9H,10-11,18H2,1H3,(H,19,20,21). The van der Waals surface area contributed by atoms with Gasteiger partial charge in [-0.2, -0.15) is 5.10 Å².